The van der Waals surface area contributed by atoms with E-state index in [0.717, 1.165) is 30.7 Å². The number of oxazole rings is 1. The summed E-state index contributed by atoms with van der Waals surface area (Å²) < 4.78 is 5.58. The van der Waals surface area contributed by atoms with Crippen LogP contribution >= 0.6 is 0 Å². The van der Waals surface area contributed by atoms with Crippen molar-refractivity contribution in [2.75, 3.05) is 18.4 Å². The summed E-state index contributed by atoms with van der Waals surface area (Å²) in [5.41, 5.74) is 1.35. The smallest absolute Gasteiger partial charge is 0.256 e. The van der Waals surface area contributed by atoms with Crippen molar-refractivity contribution in [3.63, 3.8) is 0 Å². The molecule has 0 spiro atoms. The summed E-state index contributed by atoms with van der Waals surface area (Å²) in [6.07, 6.45) is 3.69. The number of aromatic nitrogens is 1. The molecule has 2 N–H and O–H groups in total. The maximum Gasteiger partial charge on any atom is 0.256 e. The zero-order valence-electron chi connectivity index (χ0n) is 13.9. The molecule has 128 valence electrons. The number of anilines is 1. The van der Waals surface area contributed by atoms with Gasteiger partial charge in [-0.25, -0.2) is 4.98 Å². The number of likely N-dealkylation sites (tertiary alicyclic amines) is 1. The molecule has 1 aromatic carbocycles. The molecule has 0 aliphatic carbocycles. The SMILES string of the molecule is CCc1cnc(CNc2ccccc2C(=O)N2CCC[C@@H](O)C2)o1. The van der Waals surface area contributed by atoms with Gasteiger partial charge in [0, 0.05) is 25.2 Å². The normalized spacial score (nSPS) is 17.8. The molecule has 6 heteroatoms. The highest BCUT2D eigenvalue weighted by Gasteiger charge is 2.24. The molecular formula is C18H23N3O3. The third-order valence-corrected chi connectivity index (χ3v) is 4.22. The van der Waals surface area contributed by atoms with Crippen molar-refractivity contribution in [2.45, 2.75) is 38.8 Å². The first-order valence-corrected chi connectivity index (χ1v) is 8.41. The molecule has 0 radical (unpaired) electrons. The second kappa shape index (κ2) is 7.49. The van der Waals surface area contributed by atoms with Crippen molar-refractivity contribution in [1.29, 1.82) is 0 Å². The van der Waals surface area contributed by atoms with Gasteiger partial charge in [-0.2, -0.15) is 0 Å². The average Bonchev–Trinajstić information content (AvgIpc) is 3.08. The summed E-state index contributed by atoms with van der Waals surface area (Å²) in [6.45, 7) is 3.52. The van der Waals surface area contributed by atoms with Gasteiger partial charge < -0.3 is 19.7 Å². The summed E-state index contributed by atoms with van der Waals surface area (Å²) in [6, 6.07) is 7.41. The van der Waals surface area contributed by atoms with E-state index in [1.807, 2.05) is 25.1 Å². The lowest BCUT2D eigenvalue weighted by atomic mass is 10.1. The van der Waals surface area contributed by atoms with E-state index >= 15 is 0 Å². The van der Waals surface area contributed by atoms with Gasteiger partial charge in [-0.15, -0.1) is 0 Å². The van der Waals surface area contributed by atoms with Crippen molar-refractivity contribution in [1.82, 2.24) is 9.88 Å². The number of para-hydroxylation sites is 1. The van der Waals surface area contributed by atoms with Crippen LogP contribution in [0.3, 0.4) is 0 Å². The van der Waals surface area contributed by atoms with Crippen molar-refractivity contribution in [3.05, 3.63) is 47.7 Å². The standard InChI is InChI=1S/C18H23N3O3/c1-2-14-10-20-17(24-14)11-19-16-8-4-3-7-15(16)18(23)21-9-5-6-13(22)12-21/h3-4,7-8,10,13,19,22H,2,5-6,9,11-12H2,1H3/t13-/m1/s1. The largest absolute Gasteiger partial charge is 0.444 e. The van der Waals surface area contributed by atoms with Crippen LogP contribution in [0.2, 0.25) is 0 Å². The Hall–Kier alpha value is -2.34. The molecule has 1 saturated heterocycles. The first-order valence-electron chi connectivity index (χ1n) is 8.41. The molecule has 0 unspecified atom stereocenters. The number of rotatable bonds is 5. The lowest BCUT2D eigenvalue weighted by Crippen LogP contribution is -2.42. The number of aliphatic hydroxyl groups is 1. The van der Waals surface area contributed by atoms with Crippen LogP contribution in [0.1, 0.15) is 41.8 Å². The third kappa shape index (κ3) is 3.76. The number of hydrogen-bond acceptors (Lipinski definition) is 5. The van der Waals surface area contributed by atoms with Crippen LogP contribution in [0.25, 0.3) is 0 Å². The molecule has 2 heterocycles. The minimum atomic E-state index is -0.428. The minimum Gasteiger partial charge on any atom is -0.444 e. The fourth-order valence-electron chi connectivity index (χ4n) is 2.90. The third-order valence-electron chi connectivity index (χ3n) is 4.22. The minimum absolute atomic E-state index is 0.0569. The molecular weight excluding hydrogens is 306 g/mol. The van der Waals surface area contributed by atoms with Crippen LogP contribution < -0.4 is 5.32 Å². The number of amides is 1. The number of piperidine rings is 1. The fourth-order valence-corrected chi connectivity index (χ4v) is 2.90. The quantitative estimate of drug-likeness (QED) is 0.881. The summed E-state index contributed by atoms with van der Waals surface area (Å²) in [5, 5.41) is 13.0. The molecule has 1 atom stereocenters. The van der Waals surface area contributed by atoms with Gasteiger partial charge in [-0.05, 0) is 25.0 Å². The van der Waals surface area contributed by atoms with Crippen LogP contribution in [0.4, 0.5) is 5.69 Å². The average molecular weight is 329 g/mol. The van der Waals surface area contributed by atoms with Gasteiger partial charge in [0.25, 0.3) is 5.91 Å². The number of carbonyl (C=O) groups is 1. The Balaban J connectivity index is 1.71. The number of hydrogen-bond donors (Lipinski definition) is 2. The number of aryl methyl sites for hydroxylation is 1. The van der Waals surface area contributed by atoms with Crippen molar-refractivity contribution >= 4 is 11.6 Å². The molecule has 1 aliphatic heterocycles. The number of benzene rings is 1. The van der Waals surface area contributed by atoms with Crippen LogP contribution in [0, 0.1) is 0 Å². The summed E-state index contributed by atoms with van der Waals surface area (Å²) in [4.78, 5) is 18.7. The zero-order chi connectivity index (χ0) is 16.9. The Bertz CT molecular complexity index is 698. The number of aliphatic hydroxyl groups excluding tert-OH is 1. The highest BCUT2D eigenvalue weighted by Crippen LogP contribution is 2.21. The van der Waals surface area contributed by atoms with Crippen LogP contribution in [0.5, 0.6) is 0 Å². The van der Waals surface area contributed by atoms with Crippen molar-refractivity contribution in [2.24, 2.45) is 0 Å². The number of β-amino-alcohol motifs (C(OH)–C–C–N with tert-alkyl or cyclic N) is 1. The first-order chi connectivity index (χ1) is 11.7. The van der Waals surface area contributed by atoms with Gasteiger partial charge in [0.2, 0.25) is 5.89 Å². The zero-order valence-corrected chi connectivity index (χ0v) is 13.9. The van der Waals surface area contributed by atoms with Gasteiger partial charge >= 0.3 is 0 Å². The van der Waals surface area contributed by atoms with Crippen LogP contribution in [-0.2, 0) is 13.0 Å². The molecule has 3 rings (SSSR count). The van der Waals surface area contributed by atoms with Gasteiger partial charge in [0.05, 0.1) is 24.4 Å². The highest BCUT2D eigenvalue weighted by atomic mass is 16.4. The lowest BCUT2D eigenvalue weighted by Gasteiger charge is -2.30. The predicted octanol–water partition coefficient (Wildman–Crippen LogP) is 2.45. The Morgan fingerprint density at radius 3 is 3.04 bits per heavy atom. The molecule has 1 aromatic heterocycles. The summed E-state index contributed by atoms with van der Waals surface area (Å²) in [5.74, 6) is 1.39. The van der Waals surface area contributed by atoms with Crippen LogP contribution in [0.15, 0.2) is 34.9 Å². The fraction of sp³-hybridized carbons (Fsp3) is 0.444. The Kier molecular flexibility index (Phi) is 5.15. The molecule has 24 heavy (non-hydrogen) atoms. The van der Waals surface area contributed by atoms with Crippen LogP contribution in [-0.4, -0.2) is 40.1 Å². The van der Waals surface area contributed by atoms with Crippen molar-refractivity contribution < 1.29 is 14.3 Å². The topological polar surface area (TPSA) is 78.6 Å². The molecule has 0 bridgehead atoms. The molecule has 1 aliphatic rings. The Morgan fingerprint density at radius 2 is 2.29 bits per heavy atom. The van der Waals surface area contributed by atoms with E-state index in [0.29, 0.717) is 31.1 Å². The van der Waals surface area contributed by atoms with Gasteiger partial charge in [0.1, 0.15) is 5.76 Å². The second-order valence-electron chi connectivity index (χ2n) is 6.02. The second-order valence-corrected chi connectivity index (χ2v) is 6.02. The lowest BCUT2D eigenvalue weighted by molar-refractivity contribution is 0.0474. The molecule has 6 nitrogen and oxygen atoms in total. The van der Waals surface area contributed by atoms with Gasteiger partial charge in [0.15, 0.2) is 0 Å². The summed E-state index contributed by atoms with van der Waals surface area (Å²) in [7, 11) is 0. The maximum absolute atomic E-state index is 12.8. The Labute approximate surface area is 141 Å². The molecule has 0 saturated carbocycles. The van der Waals surface area contributed by atoms with E-state index in [-0.39, 0.29) is 5.91 Å². The van der Waals surface area contributed by atoms with Gasteiger partial charge in [-0.1, -0.05) is 19.1 Å². The number of nitrogens with one attached hydrogen (secondary N) is 1. The number of nitrogens with zero attached hydrogens (tertiary/aromatic N) is 2. The summed E-state index contributed by atoms with van der Waals surface area (Å²) >= 11 is 0. The molecule has 1 amide bonds. The van der Waals surface area contributed by atoms with Crippen molar-refractivity contribution in [3.8, 4) is 0 Å². The highest BCUT2D eigenvalue weighted by molar-refractivity contribution is 5.99. The van der Waals surface area contributed by atoms with E-state index in [1.165, 1.54) is 0 Å². The monoisotopic (exact) mass is 329 g/mol. The van der Waals surface area contributed by atoms with E-state index in [1.54, 1.807) is 17.2 Å². The van der Waals surface area contributed by atoms with Gasteiger partial charge in [-0.3, -0.25) is 4.79 Å². The van der Waals surface area contributed by atoms with E-state index < -0.39 is 6.10 Å². The van der Waals surface area contributed by atoms with E-state index in [2.05, 4.69) is 10.3 Å². The predicted molar refractivity (Wildman–Crippen MR) is 90.8 cm³/mol. The number of carbonyl (C=O) groups excluding carboxylic acids is 1. The maximum atomic E-state index is 12.8. The van der Waals surface area contributed by atoms with E-state index in [4.69, 9.17) is 4.42 Å². The molecule has 1 fully saturated rings. The Morgan fingerprint density at radius 1 is 1.46 bits per heavy atom. The van der Waals surface area contributed by atoms with E-state index in [9.17, 15) is 9.90 Å². The molecule has 2 aromatic rings. The first kappa shape index (κ1) is 16.5.